The Morgan fingerprint density at radius 3 is 3.00 bits per heavy atom. The number of hydrogen-bond acceptors (Lipinski definition) is 3. The molecule has 5 nitrogen and oxygen atoms in total. The summed E-state index contributed by atoms with van der Waals surface area (Å²) in [6, 6.07) is 4.72. The molecular weight excluding hydrogens is 357 g/mol. The highest BCUT2D eigenvalue weighted by molar-refractivity contribution is 14.1. The van der Waals surface area contributed by atoms with Gasteiger partial charge in [0.15, 0.2) is 0 Å². The molecule has 2 rings (SSSR count). The number of aromatic hydroxyl groups is 1. The van der Waals surface area contributed by atoms with Crippen molar-refractivity contribution in [2.75, 3.05) is 0 Å². The van der Waals surface area contributed by atoms with Crippen molar-refractivity contribution in [1.29, 1.82) is 0 Å². The number of nitrogens with one attached hydrogen (secondary N) is 2. The van der Waals surface area contributed by atoms with Crippen molar-refractivity contribution >= 4 is 28.5 Å². The van der Waals surface area contributed by atoms with E-state index in [1.807, 2.05) is 6.92 Å². The highest BCUT2D eigenvalue weighted by Gasteiger charge is 2.18. The maximum atomic E-state index is 12.2. The van der Waals surface area contributed by atoms with Crippen LogP contribution in [0.4, 0.5) is 0 Å². The van der Waals surface area contributed by atoms with Crippen LogP contribution >= 0.6 is 22.6 Å². The summed E-state index contributed by atoms with van der Waals surface area (Å²) in [4.78, 5) is 19.3. The molecule has 19 heavy (non-hydrogen) atoms. The predicted molar refractivity (Wildman–Crippen MR) is 79.9 cm³/mol. The van der Waals surface area contributed by atoms with Gasteiger partial charge in [-0.1, -0.05) is 6.92 Å². The van der Waals surface area contributed by atoms with E-state index < -0.39 is 0 Å². The van der Waals surface area contributed by atoms with Crippen LogP contribution in [-0.4, -0.2) is 21.0 Å². The number of H-pyrrole nitrogens is 1. The highest BCUT2D eigenvalue weighted by atomic mass is 127. The zero-order chi connectivity index (χ0) is 13.8. The average molecular weight is 371 g/mol. The van der Waals surface area contributed by atoms with Crippen LogP contribution in [0.25, 0.3) is 0 Å². The number of hydrogen-bond donors (Lipinski definition) is 3. The lowest BCUT2D eigenvalue weighted by molar-refractivity contribution is 0.0931. The van der Waals surface area contributed by atoms with Crippen molar-refractivity contribution in [3.8, 4) is 5.75 Å². The van der Waals surface area contributed by atoms with E-state index in [0.29, 0.717) is 12.2 Å². The molecule has 0 spiro atoms. The van der Waals surface area contributed by atoms with Crippen molar-refractivity contribution in [3.63, 3.8) is 0 Å². The van der Waals surface area contributed by atoms with Crippen LogP contribution in [0.1, 0.15) is 35.6 Å². The number of benzene rings is 1. The molecule has 0 fully saturated rings. The smallest absolute Gasteiger partial charge is 0.255 e. The van der Waals surface area contributed by atoms with Gasteiger partial charge in [0.1, 0.15) is 11.6 Å². The second-order valence-electron chi connectivity index (χ2n) is 4.07. The van der Waals surface area contributed by atoms with Crippen LogP contribution < -0.4 is 5.32 Å². The number of phenols is 1. The number of nitrogens with zero attached hydrogens (tertiary/aromatic N) is 1. The first kappa shape index (κ1) is 13.9. The Bertz CT molecular complexity index is 569. The van der Waals surface area contributed by atoms with Crippen LogP contribution in [0.3, 0.4) is 0 Å². The Balaban J connectivity index is 2.18. The third-order valence-corrected chi connectivity index (χ3v) is 3.44. The minimum Gasteiger partial charge on any atom is -0.507 e. The van der Waals surface area contributed by atoms with Crippen molar-refractivity contribution in [3.05, 3.63) is 45.6 Å². The lowest BCUT2D eigenvalue weighted by atomic mass is 10.1. The number of phenolic OH excluding ortho intramolecular Hbond substituents is 1. The Morgan fingerprint density at radius 2 is 2.37 bits per heavy atom. The lowest BCUT2D eigenvalue weighted by Crippen LogP contribution is -2.29. The van der Waals surface area contributed by atoms with Gasteiger partial charge in [-0.2, -0.15) is 0 Å². The van der Waals surface area contributed by atoms with E-state index in [2.05, 4.69) is 37.9 Å². The van der Waals surface area contributed by atoms with E-state index in [1.54, 1.807) is 24.5 Å². The molecule has 0 aliphatic heterocycles. The van der Waals surface area contributed by atoms with E-state index in [-0.39, 0.29) is 23.3 Å². The molecule has 2 aromatic rings. The quantitative estimate of drug-likeness (QED) is 0.723. The summed E-state index contributed by atoms with van der Waals surface area (Å²) in [7, 11) is 0. The molecule has 1 aromatic carbocycles. The first-order valence-corrected chi connectivity index (χ1v) is 6.98. The number of aromatic nitrogens is 2. The van der Waals surface area contributed by atoms with Crippen LogP contribution in [0, 0.1) is 3.57 Å². The Labute approximate surface area is 124 Å². The second kappa shape index (κ2) is 6.05. The topological polar surface area (TPSA) is 78.0 Å². The molecule has 6 heteroatoms. The van der Waals surface area contributed by atoms with E-state index in [1.165, 1.54) is 6.07 Å². The second-order valence-corrected chi connectivity index (χ2v) is 5.32. The molecule has 0 aliphatic rings. The van der Waals surface area contributed by atoms with Crippen LogP contribution in [0.15, 0.2) is 30.6 Å². The van der Waals surface area contributed by atoms with Gasteiger partial charge in [-0.25, -0.2) is 4.98 Å². The van der Waals surface area contributed by atoms with Gasteiger partial charge in [0, 0.05) is 16.0 Å². The largest absolute Gasteiger partial charge is 0.507 e. The Kier molecular flexibility index (Phi) is 4.41. The third-order valence-electron chi connectivity index (χ3n) is 2.77. The van der Waals surface area contributed by atoms with Crippen molar-refractivity contribution in [2.45, 2.75) is 19.4 Å². The van der Waals surface area contributed by atoms with E-state index >= 15 is 0 Å². The van der Waals surface area contributed by atoms with Gasteiger partial charge in [-0.3, -0.25) is 4.79 Å². The fourth-order valence-corrected chi connectivity index (χ4v) is 2.25. The average Bonchev–Trinajstić information content (AvgIpc) is 2.92. The normalized spacial score (nSPS) is 12.1. The summed E-state index contributed by atoms with van der Waals surface area (Å²) in [5, 5.41) is 12.6. The molecule has 0 bridgehead atoms. The number of imidazole rings is 1. The first-order valence-electron chi connectivity index (χ1n) is 5.90. The summed E-state index contributed by atoms with van der Waals surface area (Å²) in [5.74, 6) is 0.382. The number of aromatic amines is 1. The lowest BCUT2D eigenvalue weighted by Gasteiger charge is -2.15. The first-order chi connectivity index (χ1) is 9.11. The summed E-state index contributed by atoms with van der Waals surface area (Å²) in [6.45, 7) is 1.96. The summed E-state index contributed by atoms with van der Waals surface area (Å²) in [6.07, 6.45) is 4.07. The molecule has 0 saturated carbocycles. The third kappa shape index (κ3) is 3.25. The van der Waals surface area contributed by atoms with Crippen LogP contribution in [0.5, 0.6) is 5.75 Å². The van der Waals surface area contributed by atoms with Crippen molar-refractivity contribution < 1.29 is 9.90 Å². The number of carbonyl (C=O) groups is 1. The maximum absolute atomic E-state index is 12.2. The number of amides is 1. The number of rotatable bonds is 4. The molecule has 1 amide bonds. The predicted octanol–water partition coefficient (Wildman–Crippen LogP) is 2.60. The fraction of sp³-hybridized carbons (Fsp3) is 0.231. The SMILES string of the molecule is CCC(NC(=O)c1cc(I)ccc1O)c1ncc[nH]1. The van der Waals surface area contributed by atoms with Gasteiger partial charge in [0.05, 0.1) is 11.6 Å². The van der Waals surface area contributed by atoms with E-state index in [0.717, 1.165) is 3.57 Å². The number of halogens is 1. The van der Waals surface area contributed by atoms with Crippen molar-refractivity contribution in [2.24, 2.45) is 0 Å². The Morgan fingerprint density at radius 1 is 1.58 bits per heavy atom. The molecule has 100 valence electrons. The zero-order valence-corrected chi connectivity index (χ0v) is 12.5. The zero-order valence-electron chi connectivity index (χ0n) is 10.4. The van der Waals surface area contributed by atoms with Gasteiger partial charge < -0.3 is 15.4 Å². The minimum absolute atomic E-state index is 0.0211. The van der Waals surface area contributed by atoms with E-state index in [4.69, 9.17) is 0 Å². The molecule has 3 N–H and O–H groups in total. The standard InChI is InChI=1S/C13H14IN3O2/c1-2-10(12-15-5-6-16-12)17-13(19)9-7-8(14)3-4-11(9)18/h3-7,10,18H,2H2,1H3,(H,15,16)(H,17,19). The fourth-order valence-electron chi connectivity index (χ4n) is 1.76. The molecule has 0 radical (unpaired) electrons. The van der Waals surface area contributed by atoms with Gasteiger partial charge >= 0.3 is 0 Å². The summed E-state index contributed by atoms with van der Waals surface area (Å²) >= 11 is 2.10. The minimum atomic E-state index is -0.306. The van der Waals surface area contributed by atoms with Crippen LogP contribution in [0.2, 0.25) is 0 Å². The molecule has 1 aromatic heterocycles. The molecule has 1 unspecified atom stereocenters. The number of carbonyl (C=O) groups excluding carboxylic acids is 1. The van der Waals surface area contributed by atoms with Gasteiger partial charge in [0.25, 0.3) is 5.91 Å². The monoisotopic (exact) mass is 371 g/mol. The Hall–Kier alpha value is -1.57. The molecular formula is C13H14IN3O2. The van der Waals surface area contributed by atoms with E-state index in [9.17, 15) is 9.90 Å². The van der Waals surface area contributed by atoms with Crippen molar-refractivity contribution in [1.82, 2.24) is 15.3 Å². The van der Waals surface area contributed by atoms with Crippen LogP contribution in [-0.2, 0) is 0 Å². The summed E-state index contributed by atoms with van der Waals surface area (Å²) < 4.78 is 0.895. The maximum Gasteiger partial charge on any atom is 0.255 e. The van der Waals surface area contributed by atoms with Gasteiger partial charge in [-0.15, -0.1) is 0 Å². The van der Waals surface area contributed by atoms with Gasteiger partial charge in [0.2, 0.25) is 0 Å². The highest BCUT2D eigenvalue weighted by Crippen LogP contribution is 2.21. The molecule has 0 aliphatic carbocycles. The summed E-state index contributed by atoms with van der Waals surface area (Å²) in [5.41, 5.74) is 0.275. The molecule has 1 atom stereocenters. The molecule has 0 saturated heterocycles. The van der Waals surface area contributed by atoms with Gasteiger partial charge in [-0.05, 0) is 47.2 Å². The molecule has 1 heterocycles.